The van der Waals surface area contributed by atoms with Crippen molar-refractivity contribution in [1.82, 2.24) is 24.9 Å². The van der Waals surface area contributed by atoms with Gasteiger partial charge in [0.25, 0.3) is 0 Å². The molecule has 86 valence electrons. The number of hydrogen-bond donors (Lipinski definition) is 1. The second-order valence-corrected chi connectivity index (χ2v) is 4.23. The smallest absolute Gasteiger partial charge is 0.223 e. The molecule has 0 saturated heterocycles. The minimum Gasteiger partial charge on any atom is -0.368 e. The van der Waals surface area contributed by atoms with Crippen LogP contribution in [-0.4, -0.2) is 24.9 Å². The summed E-state index contributed by atoms with van der Waals surface area (Å²) in [4.78, 5) is 21.0. The molecule has 6 nitrogen and oxygen atoms in total. The predicted octanol–water partition coefficient (Wildman–Crippen LogP) is 1.10. The van der Waals surface area contributed by atoms with Gasteiger partial charge in [0.15, 0.2) is 5.82 Å². The molecule has 3 rings (SSSR count). The van der Waals surface area contributed by atoms with E-state index in [0.717, 1.165) is 24.2 Å². The van der Waals surface area contributed by atoms with Crippen LogP contribution in [0.1, 0.15) is 30.1 Å². The van der Waals surface area contributed by atoms with Crippen molar-refractivity contribution < 1.29 is 0 Å². The Morgan fingerprint density at radius 3 is 2.41 bits per heavy atom. The van der Waals surface area contributed by atoms with Crippen molar-refractivity contribution in [3.63, 3.8) is 0 Å². The first-order chi connectivity index (χ1) is 8.22. The lowest BCUT2D eigenvalue weighted by atomic mass is 10.3. The van der Waals surface area contributed by atoms with Gasteiger partial charge in [-0.1, -0.05) is 0 Å². The third kappa shape index (κ3) is 2.06. The third-order valence-electron chi connectivity index (χ3n) is 2.59. The van der Waals surface area contributed by atoms with Crippen LogP contribution in [0.5, 0.6) is 0 Å². The fourth-order valence-corrected chi connectivity index (χ4v) is 1.54. The van der Waals surface area contributed by atoms with Gasteiger partial charge in [-0.25, -0.2) is 15.0 Å². The Balaban J connectivity index is 2.04. The Morgan fingerprint density at radius 2 is 1.76 bits per heavy atom. The molecule has 2 aromatic heterocycles. The Kier molecular flexibility index (Phi) is 2.21. The van der Waals surface area contributed by atoms with Crippen LogP contribution in [0, 0.1) is 6.92 Å². The molecule has 0 radical (unpaired) electrons. The standard InChI is InChI=1S/C11H12N6/c1-6-4-13-9(14-5-6)10-15-8(7-2-3-7)16-11(12)17-10/h4-5,7H,2-3H2,1H3,(H2,12,15,16,17). The predicted molar refractivity (Wildman–Crippen MR) is 62.0 cm³/mol. The highest BCUT2D eigenvalue weighted by atomic mass is 15.1. The van der Waals surface area contributed by atoms with Crippen LogP contribution in [0.2, 0.25) is 0 Å². The maximum absolute atomic E-state index is 5.67. The highest BCUT2D eigenvalue weighted by Crippen LogP contribution is 2.38. The van der Waals surface area contributed by atoms with Gasteiger partial charge in [-0.2, -0.15) is 9.97 Å². The zero-order valence-corrected chi connectivity index (χ0v) is 9.46. The lowest BCUT2D eigenvalue weighted by Crippen LogP contribution is -2.05. The van der Waals surface area contributed by atoms with Gasteiger partial charge in [0.2, 0.25) is 11.8 Å². The number of aromatic nitrogens is 5. The molecule has 0 spiro atoms. The van der Waals surface area contributed by atoms with E-state index >= 15 is 0 Å². The average molecular weight is 228 g/mol. The normalized spacial score (nSPS) is 14.9. The van der Waals surface area contributed by atoms with E-state index in [1.807, 2.05) is 6.92 Å². The lowest BCUT2D eigenvalue weighted by molar-refractivity contribution is 0.892. The maximum Gasteiger partial charge on any atom is 0.223 e. The molecular formula is C11H12N6. The molecule has 0 atom stereocenters. The number of nitrogen functional groups attached to an aromatic ring is 1. The summed E-state index contributed by atoms with van der Waals surface area (Å²) < 4.78 is 0. The molecule has 1 saturated carbocycles. The molecule has 1 aliphatic carbocycles. The quantitative estimate of drug-likeness (QED) is 0.827. The Bertz CT molecular complexity index is 546. The molecule has 2 heterocycles. The summed E-state index contributed by atoms with van der Waals surface area (Å²) in [5.41, 5.74) is 6.67. The van der Waals surface area contributed by atoms with E-state index in [2.05, 4.69) is 24.9 Å². The second-order valence-electron chi connectivity index (χ2n) is 4.23. The fraction of sp³-hybridized carbons (Fsp3) is 0.364. The highest BCUT2D eigenvalue weighted by molar-refractivity contribution is 5.45. The van der Waals surface area contributed by atoms with Crippen LogP contribution in [-0.2, 0) is 0 Å². The lowest BCUT2D eigenvalue weighted by Gasteiger charge is -2.02. The van der Waals surface area contributed by atoms with Crippen LogP contribution in [0.4, 0.5) is 5.95 Å². The van der Waals surface area contributed by atoms with Gasteiger partial charge in [-0.05, 0) is 25.3 Å². The van der Waals surface area contributed by atoms with Crippen LogP contribution in [0.3, 0.4) is 0 Å². The third-order valence-corrected chi connectivity index (χ3v) is 2.59. The molecule has 1 aliphatic rings. The van der Waals surface area contributed by atoms with Gasteiger partial charge >= 0.3 is 0 Å². The highest BCUT2D eigenvalue weighted by Gasteiger charge is 2.27. The van der Waals surface area contributed by atoms with Gasteiger partial charge < -0.3 is 5.73 Å². The average Bonchev–Trinajstić information content (AvgIpc) is 3.13. The summed E-state index contributed by atoms with van der Waals surface area (Å²) in [6.07, 6.45) is 5.72. The first kappa shape index (κ1) is 10.1. The number of nitrogens with two attached hydrogens (primary N) is 1. The zero-order valence-electron chi connectivity index (χ0n) is 9.46. The SMILES string of the molecule is Cc1cnc(-c2nc(N)nc(C3CC3)n2)nc1. The Hall–Kier alpha value is -2.11. The molecule has 2 N–H and O–H groups in total. The summed E-state index contributed by atoms with van der Waals surface area (Å²) in [7, 11) is 0. The first-order valence-electron chi connectivity index (χ1n) is 5.53. The summed E-state index contributed by atoms with van der Waals surface area (Å²) >= 11 is 0. The summed E-state index contributed by atoms with van der Waals surface area (Å²) in [6.45, 7) is 1.93. The van der Waals surface area contributed by atoms with E-state index in [4.69, 9.17) is 5.73 Å². The van der Waals surface area contributed by atoms with Crippen LogP contribution < -0.4 is 5.73 Å². The van der Waals surface area contributed by atoms with Gasteiger partial charge in [0.1, 0.15) is 5.82 Å². The van der Waals surface area contributed by atoms with Crippen LogP contribution >= 0.6 is 0 Å². The monoisotopic (exact) mass is 228 g/mol. The van der Waals surface area contributed by atoms with E-state index in [1.165, 1.54) is 0 Å². The van der Waals surface area contributed by atoms with E-state index in [0.29, 0.717) is 17.6 Å². The van der Waals surface area contributed by atoms with E-state index in [1.54, 1.807) is 12.4 Å². The van der Waals surface area contributed by atoms with Crippen LogP contribution in [0.15, 0.2) is 12.4 Å². The molecule has 2 aromatic rings. The van der Waals surface area contributed by atoms with Crippen LogP contribution in [0.25, 0.3) is 11.6 Å². The molecule has 0 aromatic carbocycles. The molecule has 0 bridgehead atoms. The van der Waals surface area contributed by atoms with Crippen molar-refractivity contribution in [1.29, 1.82) is 0 Å². The van der Waals surface area contributed by atoms with Gasteiger partial charge in [-0.3, -0.25) is 0 Å². The van der Waals surface area contributed by atoms with Crippen molar-refractivity contribution in [2.45, 2.75) is 25.7 Å². The Morgan fingerprint density at radius 1 is 1.06 bits per heavy atom. The van der Waals surface area contributed by atoms with Gasteiger partial charge in [0.05, 0.1) is 0 Å². The van der Waals surface area contributed by atoms with Crippen molar-refractivity contribution in [3.05, 3.63) is 23.8 Å². The van der Waals surface area contributed by atoms with E-state index in [-0.39, 0.29) is 5.95 Å². The second kappa shape index (κ2) is 3.73. The van der Waals surface area contributed by atoms with E-state index in [9.17, 15) is 0 Å². The molecule has 6 heteroatoms. The molecule has 1 fully saturated rings. The summed E-state index contributed by atoms with van der Waals surface area (Å²) in [5, 5.41) is 0. The fourth-order valence-electron chi connectivity index (χ4n) is 1.54. The minimum absolute atomic E-state index is 0.237. The van der Waals surface area contributed by atoms with E-state index < -0.39 is 0 Å². The number of nitrogens with zero attached hydrogens (tertiary/aromatic N) is 5. The number of aryl methyl sites for hydroxylation is 1. The molecule has 0 amide bonds. The largest absolute Gasteiger partial charge is 0.368 e. The zero-order chi connectivity index (χ0) is 11.8. The number of rotatable bonds is 2. The number of hydrogen-bond acceptors (Lipinski definition) is 6. The first-order valence-corrected chi connectivity index (χ1v) is 5.53. The molecule has 17 heavy (non-hydrogen) atoms. The van der Waals surface area contributed by atoms with Gasteiger partial charge in [-0.15, -0.1) is 0 Å². The minimum atomic E-state index is 0.237. The molecular weight excluding hydrogens is 216 g/mol. The summed E-state index contributed by atoms with van der Waals surface area (Å²) in [5.74, 6) is 2.38. The molecule has 0 unspecified atom stereocenters. The summed E-state index contributed by atoms with van der Waals surface area (Å²) in [6, 6.07) is 0. The van der Waals surface area contributed by atoms with Crippen molar-refractivity contribution in [2.24, 2.45) is 0 Å². The number of anilines is 1. The Labute approximate surface area is 98.4 Å². The van der Waals surface area contributed by atoms with Crippen molar-refractivity contribution >= 4 is 5.95 Å². The molecule has 0 aliphatic heterocycles. The van der Waals surface area contributed by atoms with Gasteiger partial charge in [0, 0.05) is 18.3 Å². The maximum atomic E-state index is 5.67. The van der Waals surface area contributed by atoms with Crippen molar-refractivity contribution in [3.8, 4) is 11.6 Å². The van der Waals surface area contributed by atoms with Crippen molar-refractivity contribution in [2.75, 3.05) is 5.73 Å². The topological polar surface area (TPSA) is 90.5 Å².